The molecule has 13 heavy (non-hydrogen) atoms. The molecule has 0 atom stereocenters. The van der Waals surface area contributed by atoms with Crippen LogP contribution in [0.4, 0.5) is 0 Å². The fourth-order valence-electron chi connectivity index (χ4n) is 0.663. The van der Waals surface area contributed by atoms with Gasteiger partial charge in [0.25, 0.3) is 5.78 Å². The summed E-state index contributed by atoms with van der Waals surface area (Å²) in [6.45, 7) is 5.28. The molecule has 0 aliphatic carbocycles. The van der Waals surface area contributed by atoms with Crippen molar-refractivity contribution >= 4 is 17.5 Å². The highest BCUT2D eigenvalue weighted by molar-refractivity contribution is 6.61. The van der Waals surface area contributed by atoms with Crippen molar-refractivity contribution in [2.45, 2.75) is 19.8 Å². The van der Waals surface area contributed by atoms with Crippen LogP contribution in [0.5, 0.6) is 0 Å². The van der Waals surface area contributed by atoms with Gasteiger partial charge in [-0.3, -0.25) is 4.79 Å². The highest BCUT2D eigenvalue weighted by atomic mass is 16.4. The molecule has 0 aromatic carbocycles. The third-order valence-corrected chi connectivity index (χ3v) is 1.35. The normalized spacial score (nSPS) is 8.69. The van der Waals surface area contributed by atoms with Crippen LogP contribution in [-0.4, -0.2) is 27.4 Å². The van der Waals surface area contributed by atoms with Crippen LogP contribution in [0.1, 0.15) is 19.8 Å². The third-order valence-electron chi connectivity index (χ3n) is 1.35. The van der Waals surface area contributed by atoms with E-state index in [4.69, 9.17) is 10.6 Å². The van der Waals surface area contributed by atoms with Crippen LogP contribution in [0.2, 0.25) is 0 Å². The number of carboxylic acid groups (broad SMARTS) is 1. The fourth-order valence-corrected chi connectivity index (χ4v) is 0.663. The highest BCUT2D eigenvalue weighted by Crippen LogP contribution is 2.01. The maximum atomic E-state index is 11.0. The zero-order chi connectivity index (χ0) is 10.4. The zero-order valence-electron chi connectivity index (χ0n) is 7.28. The van der Waals surface area contributed by atoms with Crippen LogP contribution in [-0.2, 0) is 9.59 Å². The Morgan fingerprint density at radius 2 is 2.00 bits per heavy atom. The van der Waals surface area contributed by atoms with E-state index in [0.717, 1.165) is 5.57 Å². The summed E-state index contributed by atoms with van der Waals surface area (Å²) in [6.07, 6.45) is 0.395. The number of carboxylic acids is 1. The molecule has 0 radical (unpaired) electrons. The van der Waals surface area contributed by atoms with E-state index < -0.39 is 17.5 Å². The van der Waals surface area contributed by atoms with Crippen molar-refractivity contribution in [2.75, 3.05) is 0 Å². The number of ketones is 1. The summed E-state index contributed by atoms with van der Waals surface area (Å²) < 4.78 is 0. The smallest absolute Gasteiger partial charge is 0.441 e. The van der Waals surface area contributed by atoms with E-state index in [1.807, 2.05) is 0 Å². The van der Waals surface area contributed by atoms with Crippen LogP contribution in [0.15, 0.2) is 12.2 Å². The molecular formula is C8H10N2O3. The molecule has 0 saturated carbocycles. The van der Waals surface area contributed by atoms with Crippen molar-refractivity contribution < 1.29 is 19.5 Å². The Balaban J connectivity index is 4.34. The highest BCUT2D eigenvalue weighted by Gasteiger charge is 2.27. The van der Waals surface area contributed by atoms with Gasteiger partial charge in [0.2, 0.25) is 0 Å². The van der Waals surface area contributed by atoms with Crippen molar-refractivity contribution in [1.82, 2.24) is 0 Å². The van der Waals surface area contributed by atoms with Gasteiger partial charge in [0.05, 0.1) is 0 Å². The zero-order valence-corrected chi connectivity index (χ0v) is 7.28. The molecule has 0 amide bonds. The lowest BCUT2D eigenvalue weighted by atomic mass is 10.1. The number of nitrogens with zero attached hydrogens (tertiary/aromatic N) is 2. The molecule has 0 fully saturated rings. The van der Waals surface area contributed by atoms with Crippen molar-refractivity contribution in [3.8, 4) is 0 Å². The lowest BCUT2D eigenvalue weighted by Gasteiger charge is -1.93. The molecule has 0 aromatic rings. The number of hydrogen-bond acceptors (Lipinski definition) is 2. The third kappa shape index (κ3) is 3.98. The molecule has 0 bridgehead atoms. The second kappa shape index (κ2) is 5.00. The number of carbonyl (C=O) groups excluding carboxylic acids is 1. The van der Waals surface area contributed by atoms with Gasteiger partial charge in [0.1, 0.15) is 0 Å². The number of rotatable bonds is 5. The first kappa shape index (κ1) is 11.3. The Morgan fingerprint density at radius 1 is 1.46 bits per heavy atom. The number of allylic oxidation sites excluding steroid dienone is 1. The maximum absolute atomic E-state index is 11.0. The van der Waals surface area contributed by atoms with Crippen molar-refractivity contribution in [2.24, 2.45) is 0 Å². The molecule has 0 rings (SSSR count). The van der Waals surface area contributed by atoms with Crippen molar-refractivity contribution in [1.29, 1.82) is 0 Å². The van der Waals surface area contributed by atoms with Crippen molar-refractivity contribution in [3.63, 3.8) is 0 Å². The summed E-state index contributed by atoms with van der Waals surface area (Å²) in [5, 5.41) is 8.37. The minimum Gasteiger partial charge on any atom is -0.472 e. The minimum absolute atomic E-state index is 0.00102. The number of carbonyl (C=O) groups is 2. The molecule has 1 N–H and O–H groups in total. The number of Topliss-reactive ketones (excluding diaryl/α,β-unsaturated/α-hetero) is 1. The second-order valence-corrected chi connectivity index (χ2v) is 2.63. The second-order valence-electron chi connectivity index (χ2n) is 2.63. The average molecular weight is 182 g/mol. The number of hydrogen-bond donors (Lipinski definition) is 1. The van der Waals surface area contributed by atoms with Gasteiger partial charge in [0.15, 0.2) is 0 Å². The van der Waals surface area contributed by atoms with E-state index in [1.54, 1.807) is 6.92 Å². The van der Waals surface area contributed by atoms with Gasteiger partial charge in [-0.25, -0.2) is 4.79 Å². The first-order chi connectivity index (χ1) is 5.99. The largest absolute Gasteiger partial charge is 0.472 e. The van der Waals surface area contributed by atoms with Crippen LogP contribution >= 0.6 is 0 Å². The van der Waals surface area contributed by atoms with Gasteiger partial charge in [-0.1, -0.05) is 5.57 Å². The monoisotopic (exact) mass is 182 g/mol. The molecule has 0 aliphatic heterocycles. The Labute approximate surface area is 75.3 Å². The SMILES string of the molecule is C=C(C)CCC(=O)C(=[N+]=[N-])C(=O)O. The Bertz CT molecular complexity index is 301. The molecule has 5 heteroatoms. The molecule has 5 nitrogen and oxygen atoms in total. The van der Waals surface area contributed by atoms with Gasteiger partial charge in [0, 0.05) is 6.42 Å². The molecule has 0 aliphatic rings. The molecule has 70 valence electrons. The topological polar surface area (TPSA) is 90.8 Å². The van der Waals surface area contributed by atoms with E-state index in [9.17, 15) is 9.59 Å². The Kier molecular flexibility index (Phi) is 4.33. The van der Waals surface area contributed by atoms with E-state index in [2.05, 4.69) is 11.4 Å². The summed E-state index contributed by atoms with van der Waals surface area (Å²) in [7, 11) is 0. The molecule has 0 aromatic heterocycles. The molecule has 0 saturated heterocycles. The van der Waals surface area contributed by atoms with Gasteiger partial charge in [-0.15, -0.1) is 6.58 Å². The Hall–Kier alpha value is -1.74. The molecule has 0 spiro atoms. The predicted molar refractivity (Wildman–Crippen MR) is 45.3 cm³/mol. The Morgan fingerprint density at radius 3 is 2.31 bits per heavy atom. The summed E-state index contributed by atoms with van der Waals surface area (Å²) in [4.78, 5) is 23.7. The molecular weight excluding hydrogens is 172 g/mol. The van der Waals surface area contributed by atoms with E-state index >= 15 is 0 Å². The van der Waals surface area contributed by atoms with Gasteiger partial charge in [-0.05, 0) is 13.3 Å². The summed E-state index contributed by atoms with van der Waals surface area (Å²) >= 11 is 0. The van der Waals surface area contributed by atoms with E-state index in [0.29, 0.717) is 6.42 Å². The molecule has 0 unspecified atom stereocenters. The minimum atomic E-state index is -1.52. The van der Waals surface area contributed by atoms with Crippen LogP contribution < -0.4 is 0 Å². The van der Waals surface area contributed by atoms with Gasteiger partial charge < -0.3 is 10.6 Å². The standard InChI is InChI=1S/C8H10N2O3/c1-5(2)3-4-6(11)7(10-9)8(12)13/h1,3-4H2,2H3,(H,12,13). The van der Waals surface area contributed by atoms with Crippen LogP contribution in [0.3, 0.4) is 0 Å². The number of aliphatic carboxylic acids is 1. The van der Waals surface area contributed by atoms with Gasteiger partial charge >= 0.3 is 11.7 Å². The van der Waals surface area contributed by atoms with Crippen LogP contribution in [0.25, 0.3) is 5.53 Å². The summed E-state index contributed by atoms with van der Waals surface area (Å²) in [6, 6.07) is 0. The summed E-state index contributed by atoms with van der Waals surface area (Å²) in [5.74, 6) is -2.22. The predicted octanol–water partition coefficient (Wildman–Crippen LogP) is 0.667. The average Bonchev–Trinajstić information content (AvgIpc) is 2.01. The quantitative estimate of drug-likeness (QED) is 0.222. The van der Waals surface area contributed by atoms with E-state index in [1.165, 1.54) is 0 Å². The lowest BCUT2D eigenvalue weighted by molar-refractivity contribution is -0.136. The van der Waals surface area contributed by atoms with Gasteiger partial charge in [-0.2, -0.15) is 4.79 Å². The fraction of sp³-hybridized carbons (Fsp3) is 0.375. The lowest BCUT2D eigenvalue weighted by Crippen LogP contribution is -2.24. The maximum Gasteiger partial charge on any atom is 0.441 e. The molecule has 0 heterocycles. The summed E-state index contributed by atoms with van der Waals surface area (Å²) in [5.41, 5.74) is 8.14. The van der Waals surface area contributed by atoms with Crippen LogP contribution in [0, 0.1) is 0 Å². The van der Waals surface area contributed by atoms with Crippen molar-refractivity contribution in [3.05, 3.63) is 17.7 Å². The first-order valence-electron chi connectivity index (χ1n) is 3.62. The van der Waals surface area contributed by atoms with E-state index in [-0.39, 0.29) is 6.42 Å². The first-order valence-corrected chi connectivity index (χ1v) is 3.62.